The van der Waals surface area contributed by atoms with E-state index in [-0.39, 0.29) is 11.7 Å². The number of aromatic nitrogens is 5. The van der Waals surface area contributed by atoms with Crippen molar-refractivity contribution in [2.75, 3.05) is 12.8 Å². The maximum Gasteiger partial charge on any atom is 0.250 e. The second kappa shape index (κ2) is 7.25. The summed E-state index contributed by atoms with van der Waals surface area (Å²) in [6, 6.07) is 2.89. The molecule has 1 aliphatic heterocycles. The highest BCUT2D eigenvalue weighted by atomic mass is 35.5. The maximum absolute atomic E-state index is 12.4. The van der Waals surface area contributed by atoms with Crippen LogP contribution in [-0.2, 0) is 10.0 Å². The zero-order chi connectivity index (χ0) is 21.8. The first kappa shape index (κ1) is 19.8. The number of pyridine rings is 1. The van der Waals surface area contributed by atoms with Crippen molar-refractivity contribution < 1.29 is 8.42 Å². The molecule has 0 bridgehead atoms. The summed E-state index contributed by atoms with van der Waals surface area (Å²) in [7, 11) is -2.19. The molecular formula is C18H15ClN8O2S2. The van der Waals surface area contributed by atoms with Gasteiger partial charge in [-0.15, -0.1) is 11.3 Å². The van der Waals surface area contributed by atoms with E-state index in [4.69, 9.17) is 17.3 Å². The highest BCUT2D eigenvalue weighted by Crippen LogP contribution is 2.44. The summed E-state index contributed by atoms with van der Waals surface area (Å²) in [6.45, 7) is 0. The number of halogens is 1. The van der Waals surface area contributed by atoms with E-state index in [2.05, 4.69) is 25.0 Å². The number of nitrogens with two attached hydrogens (primary N) is 1. The number of rotatable bonds is 3. The highest BCUT2D eigenvalue weighted by molar-refractivity contribution is 7.89. The first-order valence-corrected chi connectivity index (χ1v) is 11.8. The summed E-state index contributed by atoms with van der Waals surface area (Å²) in [6.07, 6.45) is 8.36. The van der Waals surface area contributed by atoms with Crippen LogP contribution in [0.5, 0.6) is 0 Å². The Morgan fingerprint density at radius 2 is 2.00 bits per heavy atom. The molecule has 0 radical (unpaired) electrons. The highest BCUT2D eigenvalue weighted by Gasteiger charge is 2.34. The molecule has 158 valence electrons. The van der Waals surface area contributed by atoms with Gasteiger partial charge in [-0.1, -0.05) is 11.6 Å². The average molecular weight is 475 g/mol. The molecule has 0 amide bonds. The molecule has 0 unspecified atom stereocenters. The van der Waals surface area contributed by atoms with E-state index in [0.717, 1.165) is 14.4 Å². The van der Waals surface area contributed by atoms with Crippen LogP contribution < -0.4 is 5.73 Å². The number of nitrogens with zero attached hydrogens (tertiary/aromatic N) is 7. The third-order valence-electron chi connectivity index (χ3n) is 4.89. The van der Waals surface area contributed by atoms with Gasteiger partial charge in [-0.3, -0.25) is 4.98 Å². The van der Waals surface area contributed by atoms with Crippen LogP contribution in [0.3, 0.4) is 0 Å². The fourth-order valence-electron chi connectivity index (χ4n) is 3.25. The predicted octanol–water partition coefficient (Wildman–Crippen LogP) is 2.22. The lowest BCUT2D eigenvalue weighted by Gasteiger charge is -2.26. The van der Waals surface area contributed by atoms with Gasteiger partial charge in [0.15, 0.2) is 0 Å². The predicted molar refractivity (Wildman–Crippen MR) is 119 cm³/mol. The zero-order valence-corrected chi connectivity index (χ0v) is 18.4. The largest absolute Gasteiger partial charge is 0.369 e. The van der Waals surface area contributed by atoms with Crippen LogP contribution in [0.15, 0.2) is 48.1 Å². The SMILES string of the molecule is CN1C(N)=N[C@H](c2sc3c(-c4cnc(-n5cccn5)nc4)nccc3c2Cl)CS1(=O)=O. The molecule has 31 heavy (non-hydrogen) atoms. The molecule has 1 aliphatic rings. The Balaban J connectivity index is 1.60. The smallest absolute Gasteiger partial charge is 0.250 e. The van der Waals surface area contributed by atoms with Crippen LogP contribution in [0, 0.1) is 0 Å². The number of guanidine groups is 1. The van der Waals surface area contributed by atoms with E-state index in [1.165, 1.54) is 18.4 Å². The van der Waals surface area contributed by atoms with E-state index in [0.29, 0.717) is 27.1 Å². The minimum atomic E-state index is -3.57. The van der Waals surface area contributed by atoms with Gasteiger partial charge in [0, 0.05) is 49.0 Å². The van der Waals surface area contributed by atoms with E-state index < -0.39 is 16.1 Å². The van der Waals surface area contributed by atoms with Crippen LogP contribution in [-0.4, -0.2) is 56.2 Å². The molecule has 2 N–H and O–H groups in total. The second-order valence-electron chi connectivity index (χ2n) is 6.79. The molecule has 0 fully saturated rings. The van der Waals surface area contributed by atoms with Crippen LogP contribution in [0.2, 0.25) is 5.02 Å². The average Bonchev–Trinajstić information content (AvgIpc) is 3.40. The van der Waals surface area contributed by atoms with Gasteiger partial charge in [0.2, 0.25) is 21.9 Å². The molecule has 4 aromatic rings. The van der Waals surface area contributed by atoms with E-state index in [9.17, 15) is 8.42 Å². The molecule has 5 heterocycles. The van der Waals surface area contributed by atoms with Gasteiger partial charge < -0.3 is 5.73 Å². The van der Waals surface area contributed by atoms with Crippen LogP contribution in [0.25, 0.3) is 27.3 Å². The molecule has 1 atom stereocenters. The van der Waals surface area contributed by atoms with Gasteiger partial charge in [0.1, 0.15) is 6.04 Å². The lowest BCUT2D eigenvalue weighted by Crippen LogP contribution is -2.44. The monoisotopic (exact) mass is 474 g/mol. The van der Waals surface area contributed by atoms with E-state index in [1.807, 2.05) is 0 Å². The summed E-state index contributed by atoms with van der Waals surface area (Å²) in [5, 5.41) is 5.32. The summed E-state index contributed by atoms with van der Waals surface area (Å²) in [4.78, 5) is 18.2. The minimum Gasteiger partial charge on any atom is -0.369 e. The number of hydrogen-bond acceptors (Lipinski definition) is 9. The Labute approximate surface area is 186 Å². The topological polar surface area (TPSA) is 132 Å². The van der Waals surface area contributed by atoms with Crippen LogP contribution in [0.1, 0.15) is 10.9 Å². The number of thiophene rings is 1. The molecule has 10 nitrogen and oxygen atoms in total. The summed E-state index contributed by atoms with van der Waals surface area (Å²) < 4.78 is 28.2. The summed E-state index contributed by atoms with van der Waals surface area (Å²) in [5.74, 6) is 0.166. The number of fused-ring (bicyclic) bond motifs is 1. The van der Waals surface area contributed by atoms with E-state index in [1.54, 1.807) is 47.8 Å². The molecule has 13 heteroatoms. The maximum atomic E-state index is 12.4. The Kier molecular flexibility index (Phi) is 4.64. The van der Waals surface area contributed by atoms with Crippen molar-refractivity contribution in [1.29, 1.82) is 0 Å². The van der Waals surface area contributed by atoms with Gasteiger partial charge >= 0.3 is 0 Å². The van der Waals surface area contributed by atoms with Crippen molar-refractivity contribution >= 4 is 49.0 Å². The third kappa shape index (κ3) is 3.32. The van der Waals surface area contributed by atoms with Gasteiger partial charge in [-0.2, -0.15) is 5.10 Å². The fraction of sp³-hybridized carbons (Fsp3) is 0.167. The van der Waals surface area contributed by atoms with Gasteiger partial charge in [0.05, 0.1) is 26.0 Å². The zero-order valence-electron chi connectivity index (χ0n) is 16.0. The van der Waals surface area contributed by atoms with Gasteiger partial charge in [0.25, 0.3) is 0 Å². The van der Waals surface area contributed by atoms with Gasteiger partial charge in [-0.25, -0.2) is 32.4 Å². The molecule has 0 spiro atoms. The van der Waals surface area contributed by atoms with Crippen LogP contribution in [0.4, 0.5) is 0 Å². The Bertz CT molecular complexity index is 1420. The summed E-state index contributed by atoms with van der Waals surface area (Å²) in [5.41, 5.74) is 7.17. The Hall–Kier alpha value is -3.09. The first-order chi connectivity index (χ1) is 14.8. The van der Waals surface area contributed by atoms with Crippen molar-refractivity contribution in [3.8, 4) is 17.2 Å². The van der Waals surface area contributed by atoms with Crippen molar-refractivity contribution in [1.82, 2.24) is 29.0 Å². The molecule has 0 saturated heterocycles. The number of hydrogen-bond donors (Lipinski definition) is 1. The fourth-order valence-corrected chi connectivity index (χ4v) is 6.24. The Morgan fingerprint density at radius 1 is 1.23 bits per heavy atom. The molecule has 4 aromatic heterocycles. The van der Waals surface area contributed by atoms with E-state index >= 15 is 0 Å². The minimum absolute atomic E-state index is 0.0641. The van der Waals surface area contributed by atoms with Crippen LogP contribution >= 0.6 is 22.9 Å². The molecule has 0 saturated carbocycles. The standard InChI is InChI=1S/C18H15ClN8O2S2/c1-26-17(20)25-12(9-31(26,28)29)16-13(19)11-3-5-21-14(15(11)30-16)10-7-22-18(23-8-10)27-6-2-4-24-27/h2-8,12H,9H2,1H3,(H2,20,25)/t12-/m0/s1. The van der Waals surface area contributed by atoms with Crippen molar-refractivity contribution in [3.05, 3.63) is 53.0 Å². The lowest BCUT2D eigenvalue weighted by atomic mass is 10.1. The van der Waals surface area contributed by atoms with Gasteiger partial charge in [-0.05, 0) is 12.1 Å². The van der Waals surface area contributed by atoms with Crippen molar-refractivity contribution in [2.45, 2.75) is 6.04 Å². The Morgan fingerprint density at radius 3 is 2.68 bits per heavy atom. The molecule has 0 aromatic carbocycles. The van der Waals surface area contributed by atoms with Crippen molar-refractivity contribution in [3.63, 3.8) is 0 Å². The lowest BCUT2D eigenvalue weighted by molar-refractivity contribution is 0.533. The molecular weight excluding hydrogens is 460 g/mol. The van der Waals surface area contributed by atoms with Crippen molar-refractivity contribution in [2.24, 2.45) is 10.7 Å². The quantitative estimate of drug-likeness (QED) is 0.481. The summed E-state index contributed by atoms with van der Waals surface area (Å²) >= 11 is 7.99. The second-order valence-corrected chi connectivity index (χ2v) is 10.3. The third-order valence-corrected chi connectivity index (χ3v) is 8.48. The molecule has 0 aliphatic carbocycles. The first-order valence-electron chi connectivity index (χ1n) is 9.04. The number of sulfonamides is 1. The molecule has 5 rings (SSSR count). The number of aliphatic imine (C=N–C) groups is 1. The normalized spacial score (nSPS) is 18.3.